The summed E-state index contributed by atoms with van der Waals surface area (Å²) in [5, 5.41) is 5.67. The Kier molecular flexibility index (Phi) is 7.25. The van der Waals surface area contributed by atoms with Gasteiger partial charge >= 0.3 is 5.97 Å². The molecule has 2 N–H and O–H groups in total. The average molecular weight is 437 g/mol. The maximum atomic E-state index is 12.5. The summed E-state index contributed by atoms with van der Waals surface area (Å²) < 4.78 is 5.00. The molecule has 2 aromatic rings. The zero-order valence-corrected chi connectivity index (χ0v) is 18.4. The quantitative estimate of drug-likeness (QED) is 0.512. The van der Waals surface area contributed by atoms with E-state index < -0.39 is 5.97 Å². The second-order valence-corrected chi connectivity index (χ2v) is 8.03. The molecule has 2 aromatic carbocycles. The molecule has 1 aliphatic heterocycles. The van der Waals surface area contributed by atoms with Gasteiger partial charge in [0.1, 0.15) is 5.75 Å². The lowest BCUT2D eigenvalue weighted by Gasteiger charge is -2.20. The Labute approximate surface area is 186 Å². The third-order valence-electron chi connectivity index (χ3n) is 5.19. The van der Waals surface area contributed by atoms with E-state index >= 15 is 0 Å². The van der Waals surface area contributed by atoms with E-state index in [0.29, 0.717) is 30.1 Å². The molecule has 8 heteroatoms. The number of carbonyl (C=O) groups excluding carboxylic acids is 4. The summed E-state index contributed by atoms with van der Waals surface area (Å²) in [6, 6.07) is 13.6. The van der Waals surface area contributed by atoms with Crippen LogP contribution in [0.25, 0.3) is 0 Å². The van der Waals surface area contributed by atoms with E-state index in [1.54, 1.807) is 35.2 Å². The predicted octanol–water partition coefficient (Wildman–Crippen LogP) is 2.74. The number of carbonyl (C=O) groups is 4. The highest BCUT2D eigenvalue weighted by atomic mass is 16.5. The highest BCUT2D eigenvalue weighted by molar-refractivity contribution is 6.04. The number of rotatable bonds is 7. The molecule has 1 aliphatic rings. The van der Waals surface area contributed by atoms with Crippen LogP contribution in [0.3, 0.4) is 0 Å². The molecule has 32 heavy (non-hydrogen) atoms. The van der Waals surface area contributed by atoms with E-state index in [2.05, 4.69) is 10.6 Å². The highest BCUT2D eigenvalue weighted by Gasteiger charge is 2.35. The fourth-order valence-electron chi connectivity index (χ4n) is 3.52. The van der Waals surface area contributed by atoms with Crippen LogP contribution in [-0.4, -0.2) is 41.2 Å². The van der Waals surface area contributed by atoms with Crippen molar-refractivity contribution in [2.45, 2.75) is 39.8 Å². The number of benzene rings is 2. The Balaban J connectivity index is 1.52. The van der Waals surface area contributed by atoms with E-state index in [1.165, 1.54) is 13.0 Å². The van der Waals surface area contributed by atoms with Crippen LogP contribution in [0.2, 0.25) is 0 Å². The second-order valence-electron chi connectivity index (χ2n) is 8.03. The maximum Gasteiger partial charge on any atom is 0.308 e. The molecule has 168 valence electrons. The van der Waals surface area contributed by atoms with Gasteiger partial charge in [0.05, 0.1) is 5.92 Å². The lowest BCUT2D eigenvalue weighted by molar-refractivity contribution is -0.132. The van der Waals surface area contributed by atoms with Crippen molar-refractivity contribution in [1.82, 2.24) is 10.2 Å². The topological polar surface area (TPSA) is 105 Å². The first-order valence-electron chi connectivity index (χ1n) is 10.5. The Hall–Kier alpha value is -3.68. The van der Waals surface area contributed by atoms with Crippen LogP contribution in [0.4, 0.5) is 5.69 Å². The molecule has 1 fully saturated rings. The molecule has 0 radical (unpaired) electrons. The number of anilines is 1. The lowest BCUT2D eigenvalue weighted by Crippen LogP contribution is -2.35. The van der Waals surface area contributed by atoms with Gasteiger partial charge in [0.2, 0.25) is 11.8 Å². The smallest absolute Gasteiger partial charge is 0.308 e. The van der Waals surface area contributed by atoms with Gasteiger partial charge in [-0.3, -0.25) is 19.2 Å². The normalized spacial score (nSPS) is 15.6. The summed E-state index contributed by atoms with van der Waals surface area (Å²) in [6.45, 7) is 5.96. The Bertz CT molecular complexity index is 1020. The van der Waals surface area contributed by atoms with Crippen LogP contribution >= 0.6 is 0 Å². The summed E-state index contributed by atoms with van der Waals surface area (Å²) in [6.07, 6.45) is 0.244. The maximum absolute atomic E-state index is 12.5. The van der Waals surface area contributed by atoms with Crippen molar-refractivity contribution in [2.75, 3.05) is 11.9 Å². The minimum atomic E-state index is -0.456. The van der Waals surface area contributed by atoms with Gasteiger partial charge < -0.3 is 20.3 Å². The summed E-state index contributed by atoms with van der Waals surface area (Å²) in [5.74, 6) is -0.934. The molecular formula is C24H27N3O5. The summed E-state index contributed by atoms with van der Waals surface area (Å²) in [4.78, 5) is 49.7. The first kappa shape index (κ1) is 23.0. The first-order valence-corrected chi connectivity index (χ1v) is 10.5. The van der Waals surface area contributed by atoms with E-state index in [9.17, 15) is 19.2 Å². The number of hydrogen-bond acceptors (Lipinski definition) is 5. The first-order chi connectivity index (χ1) is 15.2. The number of nitrogens with one attached hydrogen (secondary N) is 2. The van der Waals surface area contributed by atoms with Crippen molar-refractivity contribution >= 4 is 29.4 Å². The van der Waals surface area contributed by atoms with Crippen LogP contribution in [-0.2, 0) is 20.9 Å². The van der Waals surface area contributed by atoms with E-state index in [0.717, 1.165) is 5.56 Å². The zero-order chi connectivity index (χ0) is 23.3. The van der Waals surface area contributed by atoms with Crippen molar-refractivity contribution in [3.8, 4) is 5.75 Å². The molecule has 3 amide bonds. The number of likely N-dealkylation sites (tertiary alicyclic amines) is 1. The van der Waals surface area contributed by atoms with Crippen LogP contribution in [0.1, 0.15) is 43.1 Å². The van der Waals surface area contributed by atoms with E-state index in [-0.39, 0.29) is 36.1 Å². The third-order valence-corrected chi connectivity index (χ3v) is 5.19. The van der Waals surface area contributed by atoms with Crippen LogP contribution < -0.4 is 15.4 Å². The minimum absolute atomic E-state index is 0.0126. The Morgan fingerprint density at radius 3 is 2.47 bits per heavy atom. The SMILES string of the molecule is CC(=O)Oc1cccc(C(=O)Nc2ccc(CNC(=O)C3CC(=O)N(C(C)C)C3)cc2)c1. The van der Waals surface area contributed by atoms with Crippen molar-refractivity contribution in [2.24, 2.45) is 5.92 Å². The van der Waals surface area contributed by atoms with Gasteiger partial charge in [-0.2, -0.15) is 0 Å². The molecule has 0 spiro atoms. The number of esters is 1. The molecule has 8 nitrogen and oxygen atoms in total. The Morgan fingerprint density at radius 2 is 1.84 bits per heavy atom. The van der Waals surface area contributed by atoms with Gasteiger partial charge in [0.25, 0.3) is 5.91 Å². The van der Waals surface area contributed by atoms with Gasteiger partial charge in [-0.15, -0.1) is 0 Å². The standard InChI is InChI=1S/C24H27N3O5/c1-15(2)27-14-19(12-22(27)29)23(30)25-13-17-7-9-20(10-8-17)26-24(31)18-5-4-6-21(11-18)32-16(3)28/h4-11,15,19H,12-14H2,1-3H3,(H,25,30)(H,26,31). The largest absolute Gasteiger partial charge is 0.427 e. The zero-order valence-electron chi connectivity index (χ0n) is 18.4. The molecule has 0 saturated carbocycles. The van der Waals surface area contributed by atoms with Crippen LogP contribution in [0.15, 0.2) is 48.5 Å². The van der Waals surface area contributed by atoms with Crippen molar-refractivity contribution < 1.29 is 23.9 Å². The average Bonchev–Trinajstić information content (AvgIpc) is 3.15. The predicted molar refractivity (Wildman–Crippen MR) is 119 cm³/mol. The fourth-order valence-corrected chi connectivity index (χ4v) is 3.52. The summed E-state index contributed by atoms with van der Waals surface area (Å²) >= 11 is 0. The molecule has 1 unspecified atom stereocenters. The number of hydrogen-bond donors (Lipinski definition) is 2. The molecular weight excluding hydrogens is 410 g/mol. The van der Waals surface area contributed by atoms with Crippen molar-refractivity contribution in [1.29, 1.82) is 0 Å². The highest BCUT2D eigenvalue weighted by Crippen LogP contribution is 2.20. The monoisotopic (exact) mass is 437 g/mol. The van der Waals surface area contributed by atoms with Gasteiger partial charge in [-0.05, 0) is 49.7 Å². The molecule has 1 saturated heterocycles. The van der Waals surface area contributed by atoms with Gasteiger partial charge in [-0.25, -0.2) is 0 Å². The molecule has 1 atom stereocenters. The second kappa shape index (κ2) is 10.1. The van der Waals surface area contributed by atoms with Gasteiger partial charge in [0.15, 0.2) is 0 Å². The van der Waals surface area contributed by atoms with E-state index in [1.807, 2.05) is 26.0 Å². The molecule has 0 aliphatic carbocycles. The lowest BCUT2D eigenvalue weighted by atomic mass is 10.1. The van der Waals surface area contributed by atoms with Crippen LogP contribution in [0, 0.1) is 5.92 Å². The molecule has 0 aromatic heterocycles. The molecule has 0 bridgehead atoms. The summed E-state index contributed by atoms with van der Waals surface area (Å²) in [5.41, 5.74) is 1.83. The molecule has 3 rings (SSSR count). The number of ether oxygens (including phenoxy) is 1. The van der Waals surface area contributed by atoms with Crippen molar-refractivity contribution in [3.63, 3.8) is 0 Å². The Morgan fingerprint density at radius 1 is 1.12 bits per heavy atom. The number of nitrogens with zero attached hydrogens (tertiary/aromatic N) is 1. The fraction of sp³-hybridized carbons (Fsp3) is 0.333. The number of amides is 3. The van der Waals surface area contributed by atoms with Gasteiger partial charge in [0, 0.05) is 43.7 Å². The van der Waals surface area contributed by atoms with Crippen LogP contribution in [0.5, 0.6) is 5.75 Å². The van der Waals surface area contributed by atoms with Gasteiger partial charge in [-0.1, -0.05) is 18.2 Å². The summed E-state index contributed by atoms with van der Waals surface area (Å²) in [7, 11) is 0. The van der Waals surface area contributed by atoms with E-state index in [4.69, 9.17) is 4.74 Å². The third kappa shape index (κ3) is 5.94. The molecule has 1 heterocycles. The minimum Gasteiger partial charge on any atom is -0.427 e. The van der Waals surface area contributed by atoms with Crippen molar-refractivity contribution in [3.05, 3.63) is 59.7 Å².